The van der Waals surface area contributed by atoms with Crippen molar-refractivity contribution in [2.24, 2.45) is 0 Å². The lowest BCUT2D eigenvalue weighted by Crippen LogP contribution is -2.27. The van der Waals surface area contributed by atoms with Crippen molar-refractivity contribution >= 4 is 24.2 Å². The van der Waals surface area contributed by atoms with Crippen molar-refractivity contribution in [1.29, 1.82) is 0 Å². The predicted molar refractivity (Wildman–Crippen MR) is 77.2 cm³/mol. The third-order valence-electron chi connectivity index (χ3n) is 2.86. The van der Waals surface area contributed by atoms with Gasteiger partial charge in [0.05, 0.1) is 6.42 Å². The van der Waals surface area contributed by atoms with Gasteiger partial charge in [-0.15, -0.1) is 12.6 Å². The molecule has 2 aromatic rings. The minimum absolute atomic E-state index is 0.0856. The quantitative estimate of drug-likeness (QED) is 0.852. The van der Waals surface area contributed by atoms with Gasteiger partial charge in [-0.05, 0) is 35.9 Å². The van der Waals surface area contributed by atoms with Crippen LogP contribution in [0.3, 0.4) is 0 Å². The maximum absolute atomic E-state index is 13.1. The monoisotopic (exact) mass is 275 g/mol. The zero-order chi connectivity index (χ0) is 13.8. The zero-order valence-electron chi connectivity index (χ0n) is 10.5. The van der Waals surface area contributed by atoms with E-state index in [0.717, 1.165) is 10.5 Å². The molecule has 0 aliphatic carbocycles. The van der Waals surface area contributed by atoms with Crippen molar-refractivity contribution in [1.82, 2.24) is 0 Å². The molecular weight excluding hydrogens is 261 g/mol. The van der Waals surface area contributed by atoms with E-state index in [1.165, 1.54) is 17.0 Å². The summed E-state index contributed by atoms with van der Waals surface area (Å²) in [5.41, 5.74) is 1.46. The fourth-order valence-electron chi connectivity index (χ4n) is 1.74. The summed E-state index contributed by atoms with van der Waals surface area (Å²) >= 11 is 4.19. The van der Waals surface area contributed by atoms with Gasteiger partial charge in [0.15, 0.2) is 0 Å². The standard InChI is InChI=1S/C15H14FNOS/c1-17(13-4-2-3-12(16)10-13)15(18)9-11-5-7-14(19)8-6-11/h2-8,10,19H,9H2,1H3. The molecule has 1 amide bonds. The Morgan fingerprint density at radius 2 is 1.89 bits per heavy atom. The third kappa shape index (κ3) is 3.58. The first-order valence-electron chi connectivity index (χ1n) is 5.86. The number of halogens is 1. The van der Waals surface area contributed by atoms with E-state index in [1.54, 1.807) is 19.2 Å². The summed E-state index contributed by atoms with van der Waals surface area (Å²) < 4.78 is 13.1. The number of amides is 1. The summed E-state index contributed by atoms with van der Waals surface area (Å²) in [6.07, 6.45) is 0.279. The molecule has 0 aliphatic rings. The number of nitrogens with zero attached hydrogens (tertiary/aromatic N) is 1. The van der Waals surface area contributed by atoms with Crippen molar-refractivity contribution < 1.29 is 9.18 Å². The molecule has 0 N–H and O–H groups in total. The second kappa shape index (κ2) is 5.89. The Labute approximate surface area is 117 Å². The first-order chi connectivity index (χ1) is 9.06. The van der Waals surface area contributed by atoms with Crippen LogP contribution in [0.15, 0.2) is 53.4 Å². The van der Waals surface area contributed by atoms with Gasteiger partial charge in [-0.1, -0.05) is 18.2 Å². The van der Waals surface area contributed by atoms with Crippen LogP contribution >= 0.6 is 12.6 Å². The molecule has 0 heterocycles. The van der Waals surface area contributed by atoms with Crippen LogP contribution in [0.2, 0.25) is 0 Å². The van der Waals surface area contributed by atoms with E-state index >= 15 is 0 Å². The molecular formula is C15H14FNOS. The van der Waals surface area contributed by atoms with Crippen LogP contribution in [0.1, 0.15) is 5.56 Å². The second-order valence-electron chi connectivity index (χ2n) is 4.28. The van der Waals surface area contributed by atoms with E-state index in [1.807, 2.05) is 24.3 Å². The molecule has 4 heteroatoms. The molecule has 0 fully saturated rings. The molecule has 0 aromatic heterocycles. The molecule has 0 saturated heterocycles. The molecule has 0 bridgehead atoms. The second-order valence-corrected chi connectivity index (χ2v) is 4.79. The summed E-state index contributed by atoms with van der Waals surface area (Å²) in [6, 6.07) is 13.4. The van der Waals surface area contributed by atoms with Crippen LogP contribution in [0, 0.1) is 5.82 Å². The van der Waals surface area contributed by atoms with Crippen LogP contribution in [-0.4, -0.2) is 13.0 Å². The van der Waals surface area contributed by atoms with E-state index in [2.05, 4.69) is 12.6 Å². The number of thiol groups is 1. The van der Waals surface area contributed by atoms with Gasteiger partial charge in [-0.25, -0.2) is 4.39 Å². The largest absolute Gasteiger partial charge is 0.315 e. The van der Waals surface area contributed by atoms with Crippen molar-refractivity contribution in [3.8, 4) is 0 Å². The molecule has 98 valence electrons. The lowest BCUT2D eigenvalue weighted by atomic mass is 10.1. The normalized spacial score (nSPS) is 10.3. The van der Waals surface area contributed by atoms with E-state index in [4.69, 9.17) is 0 Å². The molecule has 0 unspecified atom stereocenters. The van der Waals surface area contributed by atoms with Crippen molar-refractivity contribution in [3.05, 3.63) is 59.9 Å². The van der Waals surface area contributed by atoms with Gasteiger partial charge in [0, 0.05) is 17.6 Å². The van der Waals surface area contributed by atoms with Crippen molar-refractivity contribution in [2.75, 3.05) is 11.9 Å². The summed E-state index contributed by atoms with van der Waals surface area (Å²) in [6.45, 7) is 0. The lowest BCUT2D eigenvalue weighted by Gasteiger charge is -2.17. The molecule has 2 nitrogen and oxygen atoms in total. The van der Waals surface area contributed by atoms with Gasteiger partial charge in [0.2, 0.25) is 5.91 Å². The summed E-state index contributed by atoms with van der Waals surface area (Å²) in [5, 5.41) is 0. The van der Waals surface area contributed by atoms with Crippen molar-refractivity contribution in [3.63, 3.8) is 0 Å². The van der Waals surface area contributed by atoms with Crippen LogP contribution in [-0.2, 0) is 11.2 Å². The SMILES string of the molecule is CN(C(=O)Cc1ccc(S)cc1)c1cccc(F)c1. The number of carbonyl (C=O) groups excluding carboxylic acids is 1. The average Bonchev–Trinajstić information content (AvgIpc) is 2.40. The van der Waals surface area contributed by atoms with Crippen LogP contribution in [0.4, 0.5) is 10.1 Å². The lowest BCUT2D eigenvalue weighted by molar-refractivity contribution is -0.117. The van der Waals surface area contributed by atoms with E-state index < -0.39 is 0 Å². The van der Waals surface area contributed by atoms with Crippen LogP contribution in [0.5, 0.6) is 0 Å². The smallest absolute Gasteiger partial charge is 0.231 e. The van der Waals surface area contributed by atoms with Crippen LogP contribution < -0.4 is 4.90 Å². The van der Waals surface area contributed by atoms with Gasteiger partial charge in [-0.2, -0.15) is 0 Å². The fourth-order valence-corrected chi connectivity index (χ4v) is 1.88. The Balaban J connectivity index is 2.09. The number of hydrogen-bond acceptors (Lipinski definition) is 2. The topological polar surface area (TPSA) is 20.3 Å². The minimum atomic E-state index is -0.350. The molecule has 2 aromatic carbocycles. The Hall–Kier alpha value is -1.81. The maximum atomic E-state index is 13.1. The first-order valence-corrected chi connectivity index (χ1v) is 6.31. The highest BCUT2D eigenvalue weighted by molar-refractivity contribution is 7.80. The Morgan fingerprint density at radius 1 is 1.21 bits per heavy atom. The molecule has 2 rings (SSSR count). The zero-order valence-corrected chi connectivity index (χ0v) is 11.4. The average molecular weight is 275 g/mol. The molecule has 0 radical (unpaired) electrons. The number of likely N-dealkylation sites (N-methyl/N-ethyl adjacent to an activating group) is 1. The number of rotatable bonds is 3. The maximum Gasteiger partial charge on any atom is 0.231 e. The first kappa shape index (κ1) is 13.6. The highest BCUT2D eigenvalue weighted by Gasteiger charge is 2.12. The van der Waals surface area contributed by atoms with Crippen LogP contribution in [0.25, 0.3) is 0 Å². The Morgan fingerprint density at radius 3 is 2.53 bits per heavy atom. The van der Waals surface area contributed by atoms with E-state index in [-0.39, 0.29) is 18.1 Å². The van der Waals surface area contributed by atoms with Gasteiger partial charge in [0.1, 0.15) is 5.82 Å². The summed E-state index contributed by atoms with van der Waals surface area (Å²) in [5.74, 6) is -0.436. The number of anilines is 1. The predicted octanol–water partition coefficient (Wildman–Crippen LogP) is 3.32. The number of hydrogen-bond donors (Lipinski definition) is 1. The van der Waals surface area contributed by atoms with Crippen molar-refractivity contribution in [2.45, 2.75) is 11.3 Å². The third-order valence-corrected chi connectivity index (χ3v) is 3.16. The van der Waals surface area contributed by atoms with Gasteiger partial charge < -0.3 is 4.90 Å². The molecule has 0 saturated carbocycles. The summed E-state index contributed by atoms with van der Waals surface area (Å²) in [7, 11) is 1.64. The molecule has 0 atom stereocenters. The highest BCUT2D eigenvalue weighted by Crippen LogP contribution is 2.16. The highest BCUT2D eigenvalue weighted by atomic mass is 32.1. The van der Waals surface area contributed by atoms with Gasteiger partial charge in [0.25, 0.3) is 0 Å². The van der Waals surface area contributed by atoms with Gasteiger partial charge in [-0.3, -0.25) is 4.79 Å². The molecule has 19 heavy (non-hydrogen) atoms. The summed E-state index contributed by atoms with van der Waals surface area (Å²) in [4.78, 5) is 14.4. The van der Waals surface area contributed by atoms with Gasteiger partial charge >= 0.3 is 0 Å². The number of carbonyl (C=O) groups is 1. The Bertz CT molecular complexity index is 583. The number of benzene rings is 2. The fraction of sp³-hybridized carbons (Fsp3) is 0.133. The molecule has 0 aliphatic heterocycles. The Kier molecular flexibility index (Phi) is 4.22. The van der Waals surface area contributed by atoms with E-state index in [9.17, 15) is 9.18 Å². The molecule has 0 spiro atoms. The minimum Gasteiger partial charge on any atom is -0.315 e. The van der Waals surface area contributed by atoms with E-state index in [0.29, 0.717) is 5.69 Å².